The monoisotopic (exact) mass is 338 g/mol. The van der Waals surface area contributed by atoms with Crippen molar-refractivity contribution in [3.63, 3.8) is 0 Å². The van der Waals surface area contributed by atoms with Gasteiger partial charge in [0.1, 0.15) is 0 Å². The summed E-state index contributed by atoms with van der Waals surface area (Å²) in [5.41, 5.74) is 0. The lowest BCUT2D eigenvalue weighted by Crippen LogP contribution is -2.03. The van der Waals surface area contributed by atoms with E-state index in [1.165, 1.54) is 64.2 Å². The maximum Gasteiger partial charge on any atom is 0.264 e. The Morgan fingerprint density at radius 3 is 1.71 bits per heavy atom. The van der Waals surface area contributed by atoms with Crippen LogP contribution in [-0.4, -0.2) is 24.0 Å². The first-order valence-electron chi connectivity index (χ1n) is 8.59. The van der Waals surface area contributed by atoms with Gasteiger partial charge in [0, 0.05) is 5.25 Å². The normalized spacial score (nSPS) is 13.5. The van der Waals surface area contributed by atoms with Gasteiger partial charge in [-0.25, -0.2) is 0 Å². The van der Waals surface area contributed by atoms with Gasteiger partial charge in [0.05, 0.1) is 5.75 Å². The van der Waals surface area contributed by atoms with E-state index in [9.17, 15) is 8.42 Å². The molecule has 0 bridgehead atoms. The van der Waals surface area contributed by atoms with Crippen molar-refractivity contribution in [1.82, 2.24) is 0 Å². The van der Waals surface area contributed by atoms with Crippen molar-refractivity contribution in [2.45, 2.75) is 95.6 Å². The van der Waals surface area contributed by atoms with E-state index in [1.807, 2.05) is 0 Å². The minimum atomic E-state index is -3.75. The quantitative estimate of drug-likeness (QED) is 0.243. The number of hydrogen-bond donors (Lipinski definition) is 2. The van der Waals surface area contributed by atoms with Crippen molar-refractivity contribution in [1.29, 1.82) is 0 Å². The second-order valence-corrected chi connectivity index (χ2v) is 8.36. The maximum atomic E-state index is 10.5. The van der Waals surface area contributed by atoms with Gasteiger partial charge in [-0.1, -0.05) is 71.1 Å². The Kier molecular flexibility index (Phi) is 14.1. The number of thiol groups is 1. The van der Waals surface area contributed by atoms with Crippen LogP contribution in [-0.2, 0) is 10.1 Å². The highest BCUT2D eigenvalue weighted by Gasteiger charge is 2.04. The standard InChI is InChI=1S/C16H34O3S2/c1-2-3-10-13-16(20)14-11-8-6-4-5-7-9-12-15-21(17,18)19/h16,20H,2-15H2,1H3,(H,17,18,19). The molecule has 0 aromatic heterocycles. The van der Waals surface area contributed by atoms with Crippen LogP contribution in [0.2, 0.25) is 0 Å². The molecular weight excluding hydrogens is 304 g/mol. The molecule has 0 rings (SSSR count). The molecule has 0 spiro atoms. The molecule has 0 heterocycles. The van der Waals surface area contributed by atoms with E-state index in [0.717, 1.165) is 12.8 Å². The third-order valence-electron chi connectivity index (χ3n) is 3.83. The Morgan fingerprint density at radius 2 is 1.24 bits per heavy atom. The molecule has 0 aliphatic rings. The highest BCUT2D eigenvalue weighted by atomic mass is 32.2. The molecule has 0 saturated heterocycles. The molecule has 1 unspecified atom stereocenters. The van der Waals surface area contributed by atoms with Crippen molar-refractivity contribution >= 4 is 22.7 Å². The van der Waals surface area contributed by atoms with Crippen LogP contribution in [0.5, 0.6) is 0 Å². The first-order valence-corrected chi connectivity index (χ1v) is 10.7. The Morgan fingerprint density at radius 1 is 0.810 bits per heavy atom. The summed E-state index contributed by atoms with van der Waals surface area (Å²) in [4.78, 5) is 0. The van der Waals surface area contributed by atoms with Gasteiger partial charge >= 0.3 is 0 Å². The fraction of sp³-hybridized carbons (Fsp3) is 1.00. The largest absolute Gasteiger partial charge is 0.286 e. The summed E-state index contributed by atoms with van der Waals surface area (Å²) in [6.07, 6.45) is 15.2. The lowest BCUT2D eigenvalue weighted by molar-refractivity contribution is 0.478. The molecule has 1 atom stereocenters. The van der Waals surface area contributed by atoms with Crippen LogP contribution in [0.3, 0.4) is 0 Å². The molecule has 128 valence electrons. The molecule has 0 aromatic rings. The summed E-state index contributed by atoms with van der Waals surface area (Å²) in [6, 6.07) is 0. The molecule has 0 amide bonds. The molecular formula is C16H34O3S2. The fourth-order valence-electron chi connectivity index (χ4n) is 2.50. The van der Waals surface area contributed by atoms with Crippen molar-refractivity contribution in [2.24, 2.45) is 0 Å². The number of rotatable bonds is 15. The zero-order chi connectivity index (χ0) is 16.0. The van der Waals surface area contributed by atoms with E-state index in [1.54, 1.807) is 0 Å². The average molecular weight is 339 g/mol. The molecule has 0 aliphatic carbocycles. The molecule has 0 radical (unpaired) electrons. The first-order chi connectivity index (χ1) is 9.95. The molecule has 0 fully saturated rings. The van der Waals surface area contributed by atoms with Crippen molar-refractivity contribution in [3.8, 4) is 0 Å². The summed E-state index contributed by atoms with van der Waals surface area (Å²) in [5, 5.41) is 0.581. The van der Waals surface area contributed by atoms with E-state index >= 15 is 0 Å². The highest BCUT2D eigenvalue weighted by molar-refractivity contribution is 7.85. The summed E-state index contributed by atoms with van der Waals surface area (Å²) < 4.78 is 29.6. The smallest absolute Gasteiger partial charge is 0.264 e. The number of unbranched alkanes of at least 4 members (excludes halogenated alkanes) is 9. The van der Waals surface area contributed by atoms with Gasteiger partial charge in [0.15, 0.2) is 0 Å². The fourth-order valence-corrected chi connectivity index (χ4v) is 3.43. The minimum absolute atomic E-state index is 0.0889. The van der Waals surface area contributed by atoms with Crippen LogP contribution >= 0.6 is 12.6 Å². The second kappa shape index (κ2) is 13.9. The number of hydrogen-bond acceptors (Lipinski definition) is 3. The van der Waals surface area contributed by atoms with E-state index in [0.29, 0.717) is 11.7 Å². The van der Waals surface area contributed by atoms with E-state index < -0.39 is 10.1 Å². The molecule has 0 saturated carbocycles. The Labute approximate surface area is 137 Å². The van der Waals surface area contributed by atoms with Crippen molar-refractivity contribution in [2.75, 3.05) is 5.75 Å². The first kappa shape index (κ1) is 21.3. The van der Waals surface area contributed by atoms with Crippen LogP contribution in [0.1, 0.15) is 90.4 Å². The molecule has 1 N–H and O–H groups in total. The van der Waals surface area contributed by atoms with Gasteiger partial charge < -0.3 is 0 Å². The Bertz CT molecular complexity index is 315. The van der Waals surface area contributed by atoms with Crippen LogP contribution in [0.4, 0.5) is 0 Å². The molecule has 21 heavy (non-hydrogen) atoms. The predicted octanol–water partition coefficient (Wildman–Crippen LogP) is 5.26. The van der Waals surface area contributed by atoms with Crippen LogP contribution in [0.15, 0.2) is 0 Å². The molecule has 5 heteroatoms. The van der Waals surface area contributed by atoms with Crippen molar-refractivity contribution in [3.05, 3.63) is 0 Å². The van der Waals surface area contributed by atoms with Crippen molar-refractivity contribution < 1.29 is 13.0 Å². The van der Waals surface area contributed by atoms with E-state index in [2.05, 4.69) is 19.6 Å². The van der Waals surface area contributed by atoms with Gasteiger partial charge in [-0.2, -0.15) is 21.0 Å². The Hall–Kier alpha value is 0.260. The van der Waals surface area contributed by atoms with E-state index in [4.69, 9.17) is 4.55 Å². The SMILES string of the molecule is CCCCCC(S)CCCCCCCCCCS(=O)(=O)O. The zero-order valence-corrected chi connectivity index (χ0v) is 15.3. The van der Waals surface area contributed by atoms with Crippen LogP contribution in [0, 0.1) is 0 Å². The predicted molar refractivity (Wildman–Crippen MR) is 94.9 cm³/mol. The van der Waals surface area contributed by atoms with Gasteiger partial charge in [-0.15, -0.1) is 0 Å². The van der Waals surface area contributed by atoms with Gasteiger partial charge in [0.2, 0.25) is 0 Å². The minimum Gasteiger partial charge on any atom is -0.286 e. The molecule has 0 aromatic carbocycles. The third kappa shape index (κ3) is 18.2. The second-order valence-electron chi connectivity index (χ2n) is 6.05. The highest BCUT2D eigenvalue weighted by Crippen LogP contribution is 2.17. The average Bonchev–Trinajstić information content (AvgIpc) is 2.40. The lowest BCUT2D eigenvalue weighted by atomic mass is 10.0. The summed E-state index contributed by atoms with van der Waals surface area (Å²) >= 11 is 4.64. The Balaban J connectivity index is 3.18. The molecule has 3 nitrogen and oxygen atoms in total. The van der Waals surface area contributed by atoms with Crippen LogP contribution < -0.4 is 0 Å². The van der Waals surface area contributed by atoms with Gasteiger partial charge in [-0.3, -0.25) is 4.55 Å². The summed E-state index contributed by atoms with van der Waals surface area (Å²) in [7, 11) is -3.75. The van der Waals surface area contributed by atoms with E-state index in [-0.39, 0.29) is 5.75 Å². The maximum absolute atomic E-state index is 10.5. The lowest BCUT2D eigenvalue weighted by Gasteiger charge is -2.09. The van der Waals surface area contributed by atoms with Gasteiger partial charge in [-0.05, 0) is 19.3 Å². The summed E-state index contributed by atoms with van der Waals surface area (Å²) in [5.74, 6) is -0.0889. The zero-order valence-electron chi connectivity index (χ0n) is 13.6. The third-order valence-corrected chi connectivity index (χ3v) is 5.15. The van der Waals surface area contributed by atoms with Gasteiger partial charge in [0.25, 0.3) is 10.1 Å². The summed E-state index contributed by atoms with van der Waals surface area (Å²) in [6.45, 7) is 2.23. The topological polar surface area (TPSA) is 54.4 Å². The van der Waals surface area contributed by atoms with Crippen LogP contribution in [0.25, 0.3) is 0 Å². The molecule has 0 aliphatic heterocycles.